The smallest absolute Gasteiger partial charge is 0.321 e. The maximum Gasteiger partial charge on any atom is 0.321 e. The third-order valence-corrected chi connectivity index (χ3v) is 6.57. The fourth-order valence-corrected chi connectivity index (χ4v) is 4.76. The highest BCUT2D eigenvalue weighted by Gasteiger charge is 2.25. The van der Waals surface area contributed by atoms with Crippen molar-refractivity contribution in [2.24, 2.45) is 5.73 Å². The third kappa shape index (κ3) is 4.55. The second kappa shape index (κ2) is 8.35. The molecule has 3 rings (SSSR count). The molecule has 0 bridgehead atoms. The summed E-state index contributed by atoms with van der Waals surface area (Å²) < 4.78 is 33.2. The van der Waals surface area contributed by atoms with Crippen molar-refractivity contribution in [2.75, 3.05) is 0 Å². The van der Waals surface area contributed by atoms with Crippen LogP contribution in [0.1, 0.15) is 36.7 Å². The molecule has 0 amide bonds. The second-order valence-corrected chi connectivity index (χ2v) is 8.93. The summed E-state index contributed by atoms with van der Waals surface area (Å²) in [4.78, 5) is 16.4. The second-order valence-electron chi connectivity index (χ2n) is 6.48. The molecular formula is C17H21N5O4S2. The van der Waals surface area contributed by atoms with Gasteiger partial charge in [0.25, 0.3) is 0 Å². The largest absolute Gasteiger partial charge is 0.480 e. The number of nitrogens with two attached hydrogens (primary N) is 1. The Bertz CT molecular complexity index is 1060. The quantitative estimate of drug-likeness (QED) is 0.476. The molecule has 1 unspecified atom stereocenters. The molecule has 0 aliphatic rings. The minimum atomic E-state index is -3.92. The monoisotopic (exact) mass is 423 g/mol. The van der Waals surface area contributed by atoms with E-state index in [1.165, 1.54) is 23.7 Å². The summed E-state index contributed by atoms with van der Waals surface area (Å²) in [6.07, 6.45) is 4.43. The number of hydrogen-bond acceptors (Lipinski definition) is 7. The van der Waals surface area contributed by atoms with Crippen molar-refractivity contribution in [3.05, 3.63) is 48.0 Å². The molecule has 4 N–H and O–H groups in total. The van der Waals surface area contributed by atoms with E-state index in [4.69, 9.17) is 5.73 Å². The molecule has 2 aromatic heterocycles. The summed E-state index contributed by atoms with van der Waals surface area (Å²) in [5, 5.41) is 9.41. The Hall–Kier alpha value is -2.34. The predicted octanol–water partition coefficient (Wildman–Crippen LogP) is 1.70. The summed E-state index contributed by atoms with van der Waals surface area (Å²) in [5.74, 6) is -0.570. The lowest BCUT2D eigenvalue weighted by Gasteiger charge is -2.16. The van der Waals surface area contributed by atoms with Gasteiger partial charge in [-0.25, -0.2) is 13.4 Å². The van der Waals surface area contributed by atoms with Crippen molar-refractivity contribution in [1.82, 2.24) is 18.5 Å². The van der Waals surface area contributed by atoms with Gasteiger partial charge in [-0.2, -0.15) is 9.10 Å². The molecular weight excluding hydrogens is 402 g/mol. The number of fused-ring (bicyclic) bond motifs is 1. The Kier molecular flexibility index (Phi) is 6.08. The SMILES string of the molecule is Cc1ccc(S(=O)(=O)N[C@@H](CCCC(N)c2nsc3nccn23)C(=O)O)cc1. The average molecular weight is 424 g/mol. The van der Waals surface area contributed by atoms with Crippen LogP contribution < -0.4 is 10.5 Å². The molecule has 0 aliphatic heterocycles. The van der Waals surface area contributed by atoms with E-state index in [0.717, 1.165) is 10.5 Å². The molecule has 3 aromatic rings. The van der Waals surface area contributed by atoms with Crippen LogP contribution in [0, 0.1) is 6.92 Å². The van der Waals surface area contributed by atoms with Gasteiger partial charge < -0.3 is 10.8 Å². The Morgan fingerprint density at radius 3 is 2.71 bits per heavy atom. The zero-order valence-electron chi connectivity index (χ0n) is 15.1. The molecule has 0 radical (unpaired) electrons. The van der Waals surface area contributed by atoms with Gasteiger partial charge in [-0.3, -0.25) is 9.20 Å². The van der Waals surface area contributed by atoms with Crippen LogP contribution in [0.2, 0.25) is 0 Å². The number of aliphatic carboxylic acids is 1. The minimum absolute atomic E-state index is 0.0334. The first-order valence-corrected chi connectivity index (χ1v) is 10.9. The number of aryl methyl sites for hydroxylation is 1. The number of carboxylic acid groups (broad SMARTS) is 1. The summed E-state index contributed by atoms with van der Waals surface area (Å²) in [7, 11) is -3.92. The molecule has 0 saturated heterocycles. The molecule has 1 aromatic carbocycles. The molecule has 2 atom stereocenters. The Morgan fingerprint density at radius 2 is 2.04 bits per heavy atom. The Morgan fingerprint density at radius 1 is 1.32 bits per heavy atom. The fourth-order valence-electron chi connectivity index (χ4n) is 2.79. The van der Waals surface area contributed by atoms with Crippen molar-refractivity contribution >= 4 is 32.5 Å². The van der Waals surface area contributed by atoms with Crippen LogP contribution in [0.25, 0.3) is 4.96 Å². The predicted molar refractivity (Wildman–Crippen MR) is 105 cm³/mol. The lowest BCUT2D eigenvalue weighted by molar-refractivity contribution is -0.139. The molecule has 28 heavy (non-hydrogen) atoms. The van der Waals surface area contributed by atoms with E-state index in [-0.39, 0.29) is 11.3 Å². The first kappa shape index (κ1) is 20.4. The molecule has 150 valence electrons. The first-order valence-electron chi connectivity index (χ1n) is 8.64. The van der Waals surface area contributed by atoms with E-state index in [1.807, 2.05) is 6.92 Å². The molecule has 9 nitrogen and oxygen atoms in total. The van der Waals surface area contributed by atoms with Gasteiger partial charge in [0.2, 0.25) is 15.0 Å². The van der Waals surface area contributed by atoms with Crippen LogP contribution in [0.4, 0.5) is 0 Å². The summed E-state index contributed by atoms with van der Waals surface area (Å²) in [6.45, 7) is 1.84. The molecule has 0 saturated carbocycles. The number of rotatable bonds is 9. The maximum absolute atomic E-state index is 12.4. The number of benzene rings is 1. The summed E-state index contributed by atoms with van der Waals surface area (Å²) >= 11 is 1.24. The van der Waals surface area contributed by atoms with E-state index in [1.54, 1.807) is 28.9 Å². The molecule has 0 aliphatic carbocycles. The average Bonchev–Trinajstić information content (AvgIpc) is 3.24. The van der Waals surface area contributed by atoms with Crippen LogP contribution in [0.5, 0.6) is 0 Å². The third-order valence-electron chi connectivity index (χ3n) is 4.34. The van der Waals surface area contributed by atoms with Gasteiger partial charge in [-0.15, -0.1) is 0 Å². The number of aromatic nitrogens is 3. The fraction of sp³-hybridized carbons (Fsp3) is 0.353. The van der Waals surface area contributed by atoms with Gasteiger partial charge in [0.1, 0.15) is 11.9 Å². The summed E-state index contributed by atoms with van der Waals surface area (Å²) in [6, 6.07) is 4.59. The lowest BCUT2D eigenvalue weighted by atomic mass is 10.1. The number of carboxylic acids is 1. The van der Waals surface area contributed by atoms with E-state index >= 15 is 0 Å². The van der Waals surface area contributed by atoms with Crippen LogP contribution in [0.3, 0.4) is 0 Å². The molecule has 11 heteroatoms. The number of nitrogens with zero attached hydrogens (tertiary/aromatic N) is 3. The standard InChI is InChI=1S/C17H21N5O4S2/c1-11-5-7-12(8-6-11)28(25,26)21-14(16(23)24)4-2-3-13(18)15-20-27-17-19-9-10-22(15)17/h5-10,13-14,21H,2-4,18H2,1H3,(H,23,24)/t13?,14-/m0/s1. The highest BCUT2D eigenvalue weighted by atomic mass is 32.2. The van der Waals surface area contributed by atoms with Gasteiger partial charge in [0, 0.05) is 23.9 Å². The van der Waals surface area contributed by atoms with E-state index < -0.39 is 28.1 Å². The first-order chi connectivity index (χ1) is 13.3. The Labute approximate surface area is 166 Å². The van der Waals surface area contributed by atoms with E-state index in [9.17, 15) is 18.3 Å². The molecule has 2 heterocycles. The normalized spacial score (nSPS) is 14.2. The van der Waals surface area contributed by atoms with Gasteiger partial charge >= 0.3 is 5.97 Å². The zero-order chi connectivity index (χ0) is 20.3. The summed E-state index contributed by atoms with van der Waals surface area (Å²) in [5.41, 5.74) is 7.08. The number of nitrogens with one attached hydrogen (secondary N) is 1. The van der Waals surface area contributed by atoms with Gasteiger partial charge in [0.05, 0.1) is 10.9 Å². The van der Waals surface area contributed by atoms with Gasteiger partial charge in [-0.1, -0.05) is 17.7 Å². The molecule has 0 fully saturated rings. The van der Waals surface area contributed by atoms with E-state index in [2.05, 4.69) is 14.1 Å². The minimum Gasteiger partial charge on any atom is -0.480 e. The van der Waals surface area contributed by atoms with Crippen molar-refractivity contribution in [3.63, 3.8) is 0 Å². The lowest BCUT2D eigenvalue weighted by Crippen LogP contribution is -2.40. The number of hydrogen-bond donors (Lipinski definition) is 3. The van der Waals surface area contributed by atoms with Gasteiger partial charge in [0.15, 0.2) is 0 Å². The Balaban J connectivity index is 1.61. The van der Waals surface area contributed by atoms with Crippen LogP contribution in [-0.4, -0.2) is 39.3 Å². The zero-order valence-corrected chi connectivity index (χ0v) is 16.8. The van der Waals surface area contributed by atoms with Gasteiger partial charge in [-0.05, 0) is 38.3 Å². The van der Waals surface area contributed by atoms with Crippen molar-refractivity contribution in [3.8, 4) is 0 Å². The van der Waals surface area contributed by atoms with Crippen molar-refractivity contribution < 1.29 is 18.3 Å². The van der Waals surface area contributed by atoms with E-state index in [0.29, 0.717) is 18.7 Å². The highest BCUT2D eigenvalue weighted by Crippen LogP contribution is 2.20. The van der Waals surface area contributed by atoms with Crippen molar-refractivity contribution in [1.29, 1.82) is 0 Å². The van der Waals surface area contributed by atoms with Crippen molar-refractivity contribution in [2.45, 2.75) is 43.2 Å². The number of sulfonamides is 1. The topological polar surface area (TPSA) is 140 Å². The molecule has 0 spiro atoms. The number of carbonyl (C=O) groups is 1. The van der Waals surface area contributed by atoms with Crippen LogP contribution in [0.15, 0.2) is 41.6 Å². The van der Waals surface area contributed by atoms with Crippen LogP contribution in [-0.2, 0) is 14.8 Å². The highest BCUT2D eigenvalue weighted by molar-refractivity contribution is 7.89. The van der Waals surface area contributed by atoms with Crippen LogP contribution >= 0.6 is 11.5 Å². The maximum atomic E-state index is 12.4. The number of imidazole rings is 1.